The van der Waals surface area contributed by atoms with Crippen LogP contribution < -0.4 is 15.4 Å². The van der Waals surface area contributed by atoms with E-state index in [4.69, 9.17) is 9.47 Å². The maximum atomic E-state index is 12.6. The van der Waals surface area contributed by atoms with E-state index in [0.717, 1.165) is 5.56 Å². The summed E-state index contributed by atoms with van der Waals surface area (Å²) in [5.41, 5.74) is 1.61. The smallest absolute Gasteiger partial charge is 0.338 e. The molecule has 0 bridgehead atoms. The number of ether oxygens (including phenoxy) is 2. The molecule has 1 aliphatic rings. The number of urea groups is 1. The van der Waals surface area contributed by atoms with Crippen molar-refractivity contribution in [3.05, 3.63) is 41.1 Å². The van der Waals surface area contributed by atoms with E-state index in [0.29, 0.717) is 30.2 Å². The number of esters is 1. The molecule has 0 aromatic heterocycles. The van der Waals surface area contributed by atoms with Gasteiger partial charge in [0.15, 0.2) is 0 Å². The zero-order chi connectivity index (χ0) is 17.7. The zero-order valence-corrected chi connectivity index (χ0v) is 14.5. The van der Waals surface area contributed by atoms with Crippen LogP contribution in [0.4, 0.5) is 4.79 Å². The first-order chi connectivity index (χ1) is 11.4. The monoisotopic (exact) mass is 332 g/mol. The van der Waals surface area contributed by atoms with Crippen LogP contribution in [0, 0.1) is 5.92 Å². The minimum absolute atomic E-state index is 0.232. The molecular weight excluding hydrogens is 308 g/mol. The maximum Gasteiger partial charge on any atom is 0.338 e. The topological polar surface area (TPSA) is 76.7 Å². The van der Waals surface area contributed by atoms with Crippen LogP contribution in [0.25, 0.3) is 0 Å². The van der Waals surface area contributed by atoms with Gasteiger partial charge in [-0.2, -0.15) is 0 Å². The van der Waals surface area contributed by atoms with Crippen LogP contribution in [0.15, 0.2) is 35.5 Å². The molecule has 2 N–H and O–H groups in total. The first-order valence-corrected chi connectivity index (χ1v) is 8.11. The molecule has 1 aromatic carbocycles. The van der Waals surface area contributed by atoms with Crippen molar-refractivity contribution in [2.45, 2.75) is 33.7 Å². The van der Waals surface area contributed by atoms with E-state index in [1.807, 2.05) is 45.0 Å². The third kappa shape index (κ3) is 4.07. The lowest BCUT2D eigenvalue weighted by atomic mass is 9.95. The molecule has 0 saturated heterocycles. The van der Waals surface area contributed by atoms with Gasteiger partial charge in [-0.15, -0.1) is 0 Å². The minimum Gasteiger partial charge on any atom is -0.494 e. The van der Waals surface area contributed by atoms with Crippen LogP contribution in [0.1, 0.15) is 39.3 Å². The lowest BCUT2D eigenvalue weighted by Crippen LogP contribution is -2.45. The number of benzene rings is 1. The molecule has 6 heteroatoms. The molecular formula is C18H24N2O4. The Kier molecular flexibility index (Phi) is 5.84. The highest BCUT2D eigenvalue weighted by Crippen LogP contribution is 2.33. The first-order valence-electron chi connectivity index (χ1n) is 8.11. The molecule has 0 unspecified atom stereocenters. The Morgan fingerprint density at radius 3 is 2.67 bits per heavy atom. The molecule has 1 aromatic rings. The third-order valence-electron chi connectivity index (χ3n) is 3.57. The number of rotatable bonds is 6. The van der Waals surface area contributed by atoms with Gasteiger partial charge in [0.25, 0.3) is 0 Å². The van der Waals surface area contributed by atoms with Crippen LogP contribution in [-0.2, 0) is 9.53 Å². The summed E-state index contributed by atoms with van der Waals surface area (Å²) < 4.78 is 11.0. The van der Waals surface area contributed by atoms with Gasteiger partial charge in [0.1, 0.15) is 5.75 Å². The zero-order valence-electron chi connectivity index (χ0n) is 14.5. The minimum atomic E-state index is -0.610. The molecule has 0 spiro atoms. The van der Waals surface area contributed by atoms with Crippen molar-refractivity contribution >= 4 is 12.0 Å². The van der Waals surface area contributed by atoms with Crippen LogP contribution in [0.5, 0.6) is 5.75 Å². The van der Waals surface area contributed by atoms with Crippen molar-refractivity contribution in [2.24, 2.45) is 5.92 Å². The van der Waals surface area contributed by atoms with Crippen LogP contribution in [0.2, 0.25) is 0 Å². The quantitative estimate of drug-likeness (QED) is 0.785. The van der Waals surface area contributed by atoms with Crippen molar-refractivity contribution in [3.8, 4) is 5.75 Å². The summed E-state index contributed by atoms with van der Waals surface area (Å²) in [4.78, 5) is 24.5. The molecule has 24 heavy (non-hydrogen) atoms. The SMILES string of the molecule is CCOc1ccccc1[C@@H]1NC(=O)NC(C)=C1C(=O)OCC(C)C. The van der Waals surface area contributed by atoms with Gasteiger partial charge in [0.2, 0.25) is 0 Å². The van der Waals surface area contributed by atoms with E-state index in [1.165, 1.54) is 0 Å². The highest BCUT2D eigenvalue weighted by Gasteiger charge is 2.33. The molecule has 6 nitrogen and oxygen atoms in total. The highest BCUT2D eigenvalue weighted by atomic mass is 16.5. The fourth-order valence-electron chi connectivity index (χ4n) is 2.52. The largest absolute Gasteiger partial charge is 0.494 e. The second-order valence-corrected chi connectivity index (χ2v) is 6.03. The Labute approximate surface area is 142 Å². The van der Waals surface area contributed by atoms with Crippen LogP contribution >= 0.6 is 0 Å². The Balaban J connectivity index is 2.40. The number of para-hydroxylation sites is 1. The highest BCUT2D eigenvalue weighted by molar-refractivity contribution is 5.95. The van der Waals surface area contributed by atoms with Crippen molar-refractivity contribution in [2.75, 3.05) is 13.2 Å². The van der Waals surface area contributed by atoms with E-state index < -0.39 is 12.0 Å². The lowest BCUT2D eigenvalue weighted by molar-refractivity contribution is -0.140. The number of allylic oxidation sites excluding steroid dienone is 1. The van der Waals surface area contributed by atoms with Gasteiger partial charge < -0.3 is 20.1 Å². The van der Waals surface area contributed by atoms with Gasteiger partial charge in [-0.05, 0) is 25.8 Å². The Hall–Kier alpha value is -2.50. The molecule has 0 saturated carbocycles. The number of nitrogens with one attached hydrogen (secondary N) is 2. The average Bonchev–Trinajstić information content (AvgIpc) is 2.52. The predicted octanol–water partition coefficient (Wildman–Crippen LogP) is 2.91. The molecule has 1 aliphatic heterocycles. The van der Waals surface area contributed by atoms with Gasteiger partial charge in [-0.1, -0.05) is 32.0 Å². The van der Waals surface area contributed by atoms with Crippen LogP contribution in [0.3, 0.4) is 0 Å². The molecule has 1 atom stereocenters. The molecule has 2 amide bonds. The summed E-state index contributed by atoms with van der Waals surface area (Å²) in [6.07, 6.45) is 0. The summed E-state index contributed by atoms with van der Waals surface area (Å²) in [6.45, 7) is 8.33. The third-order valence-corrected chi connectivity index (χ3v) is 3.57. The van der Waals surface area contributed by atoms with E-state index in [-0.39, 0.29) is 11.9 Å². The maximum absolute atomic E-state index is 12.6. The number of carbonyl (C=O) groups excluding carboxylic acids is 2. The van der Waals surface area contributed by atoms with Crippen molar-refractivity contribution in [1.29, 1.82) is 0 Å². The van der Waals surface area contributed by atoms with Gasteiger partial charge in [-0.3, -0.25) is 0 Å². The summed E-state index contributed by atoms with van der Waals surface area (Å²) in [5, 5.41) is 5.43. The number of hydrogen-bond donors (Lipinski definition) is 2. The second-order valence-electron chi connectivity index (χ2n) is 6.03. The molecule has 0 aliphatic carbocycles. The predicted molar refractivity (Wildman–Crippen MR) is 90.5 cm³/mol. The lowest BCUT2D eigenvalue weighted by Gasteiger charge is -2.29. The summed E-state index contributed by atoms with van der Waals surface area (Å²) in [7, 11) is 0. The fraction of sp³-hybridized carbons (Fsp3) is 0.444. The van der Waals surface area contributed by atoms with E-state index in [2.05, 4.69) is 10.6 Å². The fourth-order valence-corrected chi connectivity index (χ4v) is 2.52. The van der Waals surface area contributed by atoms with Gasteiger partial charge in [-0.25, -0.2) is 9.59 Å². The molecule has 1 heterocycles. The average molecular weight is 332 g/mol. The van der Waals surface area contributed by atoms with Crippen LogP contribution in [-0.4, -0.2) is 25.2 Å². The molecule has 2 rings (SSSR count). The van der Waals surface area contributed by atoms with Crippen molar-refractivity contribution in [3.63, 3.8) is 0 Å². The van der Waals surface area contributed by atoms with Gasteiger partial charge in [0.05, 0.1) is 24.8 Å². The number of carbonyl (C=O) groups is 2. The number of amides is 2. The normalized spacial score (nSPS) is 17.4. The molecule has 0 fully saturated rings. The Morgan fingerprint density at radius 2 is 2.00 bits per heavy atom. The standard InChI is InChI=1S/C18H24N2O4/c1-5-23-14-9-7-6-8-13(14)16-15(12(4)19-18(22)20-16)17(21)24-10-11(2)3/h6-9,11,16H,5,10H2,1-4H3,(H2,19,20,22)/t16-/m0/s1. The van der Waals surface area contributed by atoms with Crippen molar-refractivity contribution in [1.82, 2.24) is 10.6 Å². The summed E-state index contributed by atoms with van der Waals surface area (Å²) in [6, 6.07) is 6.39. The van der Waals surface area contributed by atoms with Crippen molar-refractivity contribution < 1.29 is 19.1 Å². The van der Waals surface area contributed by atoms with Gasteiger partial charge >= 0.3 is 12.0 Å². The van der Waals surface area contributed by atoms with E-state index in [1.54, 1.807) is 6.92 Å². The molecule has 0 radical (unpaired) electrons. The second kappa shape index (κ2) is 7.86. The van der Waals surface area contributed by atoms with E-state index >= 15 is 0 Å². The first kappa shape index (κ1) is 17.8. The van der Waals surface area contributed by atoms with E-state index in [9.17, 15) is 9.59 Å². The molecule has 130 valence electrons. The summed E-state index contributed by atoms with van der Waals surface area (Å²) in [5.74, 6) is 0.425. The summed E-state index contributed by atoms with van der Waals surface area (Å²) >= 11 is 0. The Morgan fingerprint density at radius 1 is 1.29 bits per heavy atom. The van der Waals surface area contributed by atoms with Gasteiger partial charge in [0, 0.05) is 11.3 Å². The Bertz CT molecular complexity index is 652. The number of hydrogen-bond acceptors (Lipinski definition) is 4.